The molecule has 10 nitrogen and oxygen atoms in total. The van der Waals surface area contributed by atoms with Gasteiger partial charge in [-0.3, -0.25) is 10.3 Å². The van der Waals surface area contributed by atoms with Crippen LogP contribution in [0.15, 0.2) is 90.0 Å². The van der Waals surface area contributed by atoms with Crippen molar-refractivity contribution in [3.05, 3.63) is 101 Å². The minimum atomic E-state index is -0.125. The molecule has 3 heterocycles. The molecule has 2 aliphatic rings. The number of rotatable bonds is 10. The Labute approximate surface area is 260 Å². The Kier molecular flexibility index (Phi) is 9.30. The number of methoxy groups -OCH3 is 1. The smallest absolute Gasteiger partial charge is 0.350 e. The maximum absolute atomic E-state index is 13.4. The molecule has 6 rings (SSSR count). The van der Waals surface area contributed by atoms with Crippen LogP contribution in [0, 0.1) is 0 Å². The highest BCUT2D eigenvalue weighted by Crippen LogP contribution is 2.23. The third-order valence-corrected chi connectivity index (χ3v) is 9.02. The Bertz CT molecular complexity index is 1520. The van der Waals surface area contributed by atoms with E-state index in [2.05, 4.69) is 98.7 Å². The van der Waals surface area contributed by atoms with Crippen LogP contribution in [0.5, 0.6) is 5.75 Å². The summed E-state index contributed by atoms with van der Waals surface area (Å²) in [5.74, 6) is 0.877. The molecule has 0 radical (unpaired) electrons. The van der Waals surface area contributed by atoms with Crippen molar-refractivity contribution in [3.8, 4) is 11.4 Å². The number of nitrogens with one attached hydrogen (secondary N) is 1. The largest absolute Gasteiger partial charge is 0.497 e. The molecule has 0 amide bonds. The molecule has 0 bridgehead atoms. The molecule has 2 fully saturated rings. The molecule has 2 atom stereocenters. The van der Waals surface area contributed by atoms with E-state index < -0.39 is 0 Å². The quantitative estimate of drug-likeness (QED) is 0.298. The van der Waals surface area contributed by atoms with Gasteiger partial charge in [-0.05, 0) is 67.9 Å². The Hall–Kier alpha value is -4.12. The van der Waals surface area contributed by atoms with Gasteiger partial charge in [0.15, 0.2) is 0 Å². The van der Waals surface area contributed by atoms with Crippen molar-refractivity contribution in [2.24, 2.45) is 0 Å². The zero-order valence-electron chi connectivity index (χ0n) is 26.0. The summed E-state index contributed by atoms with van der Waals surface area (Å²) in [6, 6.07) is 27.1. The maximum Gasteiger partial charge on any atom is 0.350 e. The summed E-state index contributed by atoms with van der Waals surface area (Å²) in [5.41, 5.74) is 8.06. The van der Waals surface area contributed by atoms with Crippen LogP contribution in [0.25, 0.3) is 5.69 Å². The zero-order valence-corrected chi connectivity index (χ0v) is 26.0. The van der Waals surface area contributed by atoms with Gasteiger partial charge in [-0.1, -0.05) is 30.3 Å². The molecule has 0 saturated carbocycles. The standard InChI is InChI=1S/C34H44N8O2/c1-27(36-40-23-17-37(18-24-40)25-29-7-5-4-6-8-29)28(2)42-34(43)41(26-35-42)32-11-9-30(10-12-32)38-19-21-39(22-20-38)31-13-15-33(44-3)16-14-31/h4-16,26-28,36H,17-25H2,1-3H3/t27-,28+/m0/s1. The van der Waals surface area contributed by atoms with Crippen LogP contribution in [0.3, 0.4) is 0 Å². The lowest BCUT2D eigenvalue weighted by Crippen LogP contribution is -2.55. The lowest BCUT2D eigenvalue weighted by Gasteiger charge is -2.37. The molecule has 2 aliphatic heterocycles. The highest BCUT2D eigenvalue weighted by Gasteiger charge is 2.24. The average molecular weight is 597 g/mol. The minimum Gasteiger partial charge on any atom is -0.497 e. The molecule has 10 heteroatoms. The van der Waals surface area contributed by atoms with Crippen molar-refractivity contribution >= 4 is 11.4 Å². The van der Waals surface area contributed by atoms with Gasteiger partial charge < -0.3 is 14.5 Å². The van der Waals surface area contributed by atoms with Gasteiger partial charge in [0, 0.05) is 76.3 Å². The van der Waals surface area contributed by atoms with E-state index >= 15 is 0 Å². The van der Waals surface area contributed by atoms with Crippen molar-refractivity contribution in [2.45, 2.75) is 32.5 Å². The van der Waals surface area contributed by atoms with Crippen LogP contribution in [-0.4, -0.2) is 89.8 Å². The fourth-order valence-electron chi connectivity index (χ4n) is 6.10. The predicted octanol–water partition coefficient (Wildman–Crippen LogP) is 3.64. The Morgan fingerprint density at radius 1 is 0.750 bits per heavy atom. The Morgan fingerprint density at radius 2 is 1.32 bits per heavy atom. The molecule has 3 aromatic carbocycles. The number of anilines is 2. The van der Waals surface area contributed by atoms with Crippen molar-refractivity contribution in [2.75, 3.05) is 69.3 Å². The van der Waals surface area contributed by atoms with Crippen molar-refractivity contribution < 1.29 is 4.74 Å². The number of hydrogen-bond donors (Lipinski definition) is 1. The lowest BCUT2D eigenvalue weighted by molar-refractivity contribution is 0.0640. The molecule has 4 aromatic rings. The second-order valence-electron chi connectivity index (χ2n) is 11.8. The SMILES string of the molecule is COc1ccc(N2CCN(c3ccc(-n4cnn([C@H](C)[C@H](C)NN5CCN(Cc6ccccc6)CC5)c4=O)cc3)CC2)cc1. The molecule has 1 N–H and O–H groups in total. The van der Waals surface area contributed by atoms with Gasteiger partial charge in [0.25, 0.3) is 0 Å². The van der Waals surface area contributed by atoms with Crippen LogP contribution < -0.4 is 25.7 Å². The highest BCUT2D eigenvalue weighted by molar-refractivity contribution is 5.54. The zero-order chi connectivity index (χ0) is 30.5. The van der Waals surface area contributed by atoms with Crippen LogP contribution in [0.1, 0.15) is 25.5 Å². The third-order valence-electron chi connectivity index (χ3n) is 9.02. The van der Waals surface area contributed by atoms with E-state index in [-0.39, 0.29) is 17.8 Å². The molecule has 2 saturated heterocycles. The van der Waals surface area contributed by atoms with Crippen molar-refractivity contribution in [1.29, 1.82) is 0 Å². The number of hydrazine groups is 1. The second-order valence-corrected chi connectivity index (χ2v) is 11.8. The van der Waals surface area contributed by atoms with Gasteiger partial charge in [0.2, 0.25) is 0 Å². The molecule has 232 valence electrons. The number of nitrogens with zero attached hydrogens (tertiary/aromatic N) is 7. The summed E-state index contributed by atoms with van der Waals surface area (Å²) in [6.45, 7) is 12.8. The van der Waals surface area contributed by atoms with E-state index in [0.717, 1.165) is 70.3 Å². The van der Waals surface area contributed by atoms with Gasteiger partial charge in [-0.25, -0.2) is 19.1 Å². The Morgan fingerprint density at radius 3 is 1.91 bits per heavy atom. The maximum atomic E-state index is 13.4. The fraction of sp³-hybridized carbons (Fsp3) is 0.412. The first-order valence-corrected chi connectivity index (χ1v) is 15.7. The summed E-state index contributed by atoms with van der Waals surface area (Å²) >= 11 is 0. The number of piperazine rings is 2. The van der Waals surface area contributed by atoms with E-state index in [9.17, 15) is 4.79 Å². The van der Waals surface area contributed by atoms with E-state index in [1.165, 1.54) is 16.9 Å². The Balaban J connectivity index is 1.01. The summed E-state index contributed by atoms with van der Waals surface area (Å²) in [7, 11) is 1.69. The molecule has 0 unspecified atom stereocenters. The van der Waals surface area contributed by atoms with Crippen LogP contribution in [-0.2, 0) is 6.54 Å². The fourth-order valence-corrected chi connectivity index (χ4v) is 6.10. The average Bonchev–Trinajstić information content (AvgIpc) is 3.46. The molecule has 0 spiro atoms. The predicted molar refractivity (Wildman–Crippen MR) is 176 cm³/mol. The summed E-state index contributed by atoms with van der Waals surface area (Å²) in [4.78, 5) is 20.7. The van der Waals surface area contributed by atoms with Gasteiger partial charge in [0.05, 0.1) is 18.8 Å². The number of hydrogen-bond acceptors (Lipinski definition) is 8. The first-order chi connectivity index (χ1) is 21.5. The lowest BCUT2D eigenvalue weighted by atomic mass is 10.2. The first-order valence-electron chi connectivity index (χ1n) is 15.7. The van der Waals surface area contributed by atoms with Gasteiger partial charge >= 0.3 is 5.69 Å². The van der Waals surface area contributed by atoms with Crippen LogP contribution in [0.4, 0.5) is 11.4 Å². The number of benzene rings is 3. The first kappa shape index (κ1) is 29.9. The van der Waals surface area contributed by atoms with E-state index in [1.807, 2.05) is 24.3 Å². The number of ether oxygens (including phenoxy) is 1. The van der Waals surface area contributed by atoms with E-state index in [4.69, 9.17) is 4.74 Å². The molecular formula is C34H44N8O2. The number of aromatic nitrogens is 3. The minimum absolute atomic E-state index is 0.0516. The topological polar surface area (TPSA) is 74.0 Å². The van der Waals surface area contributed by atoms with E-state index in [1.54, 1.807) is 22.7 Å². The van der Waals surface area contributed by atoms with Gasteiger partial charge in [0.1, 0.15) is 12.1 Å². The van der Waals surface area contributed by atoms with E-state index in [0.29, 0.717) is 0 Å². The van der Waals surface area contributed by atoms with Gasteiger partial charge in [-0.15, -0.1) is 0 Å². The molecule has 1 aromatic heterocycles. The van der Waals surface area contributed by atoms with Crippen molar-refractivity contribution in [3.63, 3.8) is 0 Å². The molecule has 0 aliphatic carbocycles. The van der Waals surface area contributed by atoms with Crippen LogP contribution >= 0.6 is 0 Å². The van der Waals surface area contributed by atoms with Crippen molar-refractivity contribution in [1.82, 2.24) is 29.7 Å². The molecular weight excluding hydrogens is 552 g/mol. The monoisotopic (exact) mass is 596 g/mol. The highest BCUT2D eigenvalue weighted by atomic mass is 16.5. The summed E-state index contributed by atoms with van der Waals surface area (Å²) in [6.07, 6.45) is 1.64. The summed E-state index contributed by atoms with van der Waals surface area (Å²) in [5, 5.41) is 6.78. The second kappa shape index (κ2) is 13.7. The summed E-state index contributed by atoms with van der Waals surface area (Å²) < 4.78 is 8.52. The normalized spacial score (nSPS) is 17.9. The van der Waals surface area contributed by atoms with Gasteiger partial charge in [-0.2, -0.15) is 5.10 Å². The third kappa shape index (κ3) is 6.83. The van der Waals surface area contributed by atoms with Crippen LogP contribution in [0.2, 0.25) is 0 Å². The molecule has 44 heavy (non-hydrogen) atoms.